The van der Waals surface area contributed by atoms with E-state index < -0.39 is 19.8 Å². The van der Waals surface area contributed by atoms with Gasteiger partial charge in [0.25, 0.3) is 0 Å². The highest BCUT2D eigenvalue weighted by Crippen LogP contribution is 2.45. The van der Waals surface area contributed by atoms with E-state index in [-0.39, 0.29) is 13.0 Å². The van der Waals surface area contributed by atoms with Gasteiger partial charge in [0.15, 0.2) is 0 Å². The Bertz CT molecular complexity index is 249. The number of carbonyl (C=O) groups is 1. The first-order valence-electron chi connectivity index (χ1n) is 3.64. The molecule has 1 aliphatic rings. The Morgan fingerprint density at radius 3 is 2.62 bits per heavy atom. The van der Waals surface area contributed by atoms with Crippen molar-refractivity contribution in [2.24, 2.45) is 0 Å². The maximum Gasteiger partial charge on any atom is 0.403 e. The molecule has 0 aliphatic carbocycles. The molecular weight excluding hydrogens is 201 g/mol. The average molecular weight is 211 g/mol. The zero-order valence-corrected chi connectivity index (χ0v) is 7.55. The number of hydrogen-bond acceptors (Lipinski definition) is 4. The number of nitrogens with zero attached hydrogens (tertiary/aromatic N) is 1. The van der Waals surface area contributed by atoms with E-state index in [9.17, 15) is 9.36 Å². The standard InChI is InChI=1S/C5H10NO6P/c7-5(12-8)4-2-1-3-6(4)13(9,10)11/h4,8H,1-3H2,(H2,9,10,11). The third-order valence-electron chi connectivity index (χ3n) is 1.92. The van der Waals surface area contributed by atoms with Crippen molar-refractivity contribution in [1.29, 1.82) is 0 Å². The van der Waals surface area contributed by atoms with Gasteiger partial charge in [-0.2, -0.15) is 9.93 Å². The van der Waals surface area contributed by atoms with Crippen molar-refractivity contribution in [1.82, 2.24) is 4.67 Å². The summed E-state index contributed by atoms with van der Waals surface area (Å²) in [4.78, 5) is 31.8. The van der Waals surface area contributed by atoms with Crippen LogP contribution in [0.5, 0.6) is 0 Å². The first-order valence-corrected chi connectivity index (χ1v) is 5.21. The molecule has 0 aromatic rings. The molecule has 0 radical (unpaired) electrons. The maximum atomic E-state index is 10.8. The quantitative estimate of drug-likeness (QED) is 0.323. The van der Waals surface area contributed by atoms with E-state index in [4.69, 9.17) is 15.0 Å². The smallest absolute Gasteiger partial charge is 0.312 e. The van der Waals surface area contributed by atoms with E-state index in [1.54, 1.807) is 0 Å². The Kier molecular flexibility index (Phi) is 3.05. The predicted octanol–water partition coefficient (Wildman–Crippen LogP) is -0.440. The van der Waals surface area contributed by atoms with Gasteiger partial charge in [0.05, 0.1) is 0 Å². The molecule has 8 heteroatoms. The third-order valence-corrected chi connectivity index (χ3v) is 3.07. The van der Waals surface area contributed by atoms with Gasteiger partial charge >= 0.3 is 13.7 Å². The van der Waals surface area contributed by atoms with E-state index in [2.05, 4.69) is 4.89 Å². The molecule has 13 heavy (non-hydrogen) atoms. The molecule has 1 saturated heterocycles. The summed E-state index contributed by atoms with van der Waals surface area (Å²) in [6.45, 7) is 0.129. The van der Waals surface area contributed by atoms with Crippen LogP contribution in [0.15, 0.2) is 0 Å². The second kappa shape index (κ2) is 3.73. The molecule has 0 aromatic heterocycles. The van der Waals surface area contributed by atoms with Gasteiger partial charge in [-0.3, -0.25) is 4.89 Å². The van der Waals surface area contributed by atoms with Crippen LogP contribution in [0.3, 0.4) is 0 Å². The summed E-state index contributed by atoms with van der Waals surface area (Å²) in [7, 11) is -4.42. The van der Waals surface area contributed by atoms with Crippen LogP contribution in [-0.4, -0.2) is 38.3 Å². The van der Waals surface area contributed by atoms with Crippen LogP contribution in [0.2, 0.25) is 0 Å². The summed E-state index contributed by atoms with van der Waals surface area (Å²) in [5, 5.41) is 8.05. The molecule has 0 spiro atoms. The molecule has 1 atom stereocenters. The summed E-state index contributed by atoms with van der Waals surface area (Å²) in [6, 6.07) is -1.04. The van der Waals surface area contributed by atoms with Gasteiger partial charge in [-0.15, -0.1) is 0 Å². The SMILES string of the molecule is O=C(OO)C1CCCN1P(=O)(O)O. The van der Waals surface area contributed by atoms with E-state index in [1.165, 1.54) is 0 Å². The number of rotatable bonds is 2. The van der Waals surface area contributed by atoms with Gasteiger partial charge in [-0.25, -0.2) is 9.36 Å². The fourth-order valence-corrected chi connectivity index (χ4v) is 2.34. The Morgan fingerprint density at radius 1 is 1.54 bits per heavy atom. The monoisotopic (exact) mass is 211 g/mol. The van der Waals surface area contributed by atoms with Gasteiger partial charge in [-0.05, 0) is 12.8 Å². The van der Waals surface area contributed by atoms with Crippen LogP contribution >= 0.6 is 7.75 Å². The molecule has 0 aromatic carbocycles. The summed E-state index contributed by atoms with van der Waals surface area (Å²) in [6.07, 6.45) is 0.773. The zero-order valence-electron chi connectivity index (χ0n) is 6.66. The largest absolute Gasteiger partial charge is 0.403 e. The Hall–Kier alpha value is -0.460. The molecule has 1 fully saturated rings. The van der Waals surface area contributed by atoms with E-state index in [0.717, 1.165) is 4.67 Å². The molecule has 7 nitrogen and oxygen atoms in total. The van der Waals surface area contributed by atoms with Crippen LogP contribution in [-0.2, 0) is 14.2 Å². The predicted molar refractivity (Wildman–Crippen MR) is 40.5 cm³/mol. The first-order chi connectivity index (χ1) is 5.96. The van der Waals surface area contributed by atoms with Gasteiger partial charge in [0.1, 0.15) is 6.04 Å². The minimum absolute atomic E-state index is 0.129. The molecule has 0 saturated carbocycles. The fourth-order valence-electron chi connectivity index (χ4n) is 1.36. The molecule has 0 bridgehead atoms. The van der Waals surface area contributed by atoms with E-state index >= 15 is 0 Å². The molecule has 1 rings (SSSR count). The minimum Gasteiger partial charge on any atom is -0.312 e. The molecule has 0 amide bonds. The van der Waals surface area contributed by atoms with Crippen molar-refractivity contribution in [3.8, 4) is 0 Å². The van der Waals surface area contributed by atoms with Crippen LogP contribution in [0.25, 0.3) is 0 Å². The summed E-state index contributed by atoms with van der Waals surface area (Å²) in [5.74, 6) is -1.03. The molecule has 1 heterocycles. The Labute approximate surface area is 74.1 Å². The highest BCUT2D eigenvalue weighted by Gasteiger charge is 2.41. The Balaban J connectivity index is 2.75. The Morgan fingerprint density at radius 2 is 2.15 bits per heavy atom. The first kappa shape index (κ1) is 10.6. The lowest BCUT2D eigenvalue weighted by Gasteiger charge is -2.21. The molecule has 1 unspecified atom stereocenters. The van der Waals surface area contributed by atoms with E-state index in [1.807, 2.05) is 0 Å². The zero-order chi connectivity index (χ0) is 10.1. The molecule has 76 valence electrons. The minimum atomic E-state index is -4.42. The van der Waals surface area contributed by atoms with Crippen molar-refractivity contribution in [3.63, 3.8) is 0 Å². The summed E-state index contributed by atoms with van der Waals surface area (Å²) < 4.78 is 11.5. The van der Waals surface area contributed by atoms with Crippen molar-refractivity contribution < 1.29 is 29.3 Å². The van der Waals surface area contributed by atoms with Gasteiger partial charge in [-0.1, -0.05) is 0 Å². The van der Waals surface area contributed by atoms with Crippen molar-refractivity contribution >= 4 is 13.7 Å². The average Bonchev–Trinajstić information content (AvgIpc) is 2.49. The maximum absolute atomic E-state index is 10.8. The van der Waals surface area contributed by atoms with Gasteiger partial charge < -0.3 is 9.79 Å². The van der Waals surface area contributed by atoms with Gasteiger partial charge in [0.2, 0.25) is 0 Å². The second-order valence-corrected chi connectivity index (χ2v) is 4.29. The van der Waals surface area contributed by atoms with Crippen LogP contribution in [0.1, 0.15) is 12.8 Å². The number of hydrogen-bond donors (Lipinski definition) is 3. The highest BCUT2D eigenvalue weighted by atomic mass is 31.2. The fraction of sp³-hybridized carbons (Fsp3) is 0.800. The van der Waals surface area contributed by atoms with Crippen LogP contribution in [0.4, 0.5) is 0 Å². The second-order valence-electron chi connectivity index (χ2n) is 2.74. The lowest BCUT2D eigenvalue weighted by molar-refractivity contribution is -0.237. The molecular formula is C5H10NO6P. The number of carbonyl (C=O) groups excluding carboxylic acids is 1. The van der Waals surface area contributed by atoms with Crippen molar-refractivity contribution in [2.45, 2.75) is 18.9 Å². The summed E-state index contributed by atoms with van der Waals surface area (Å²) in [5.41, 5.74) is 0. The normalized spacial score (nSPS) is 24.7. The third kappa shape index (κ3) is 2.26. The van der Waals surface area contributed by atoms with Crippen LogP contribution < -0.4 is 0 Å². The van der Waals surface area contributed by atoms with Crippen molar-refractivity contribution in [3.05, 3.63) is 0 Å². The molecule has 3 N–H and O–H groups in total. The lowest BCUT2D eigenvalue weighted by Crippen LogP contribution is -2.34. The van der Waals surface area contributed by atoms with Gasteiger partial charge in [0, 0.05) is 6.54 Å². The lowest BCUT2D eigenvalue weighted by atomic mass is 10.2. The summed E-state index contributed by atoms with van der Waals surface area (Å²) >= 11 is 0. The highest BCUT2D eigenvalue weighted by molar-refractivity contribution is 7.49. The molecule has 1 aliphatic heterocycles. The topological polar surface area (TPSA) is 107 Å². The van der Waals surface area contributed by atoms with Crippen molar-refractivity contribution in [2.75, 3.05) is 6.54 Å². The van der Waals surface area contributed by atoms with E-state index in [0.29, 0.717) is 6.42 Å². The van der Waals surface area contributed by atoms with Crippen LogP contribution in [0, 0.1) is 0 Å².